The Labute approximate surface area is 112 Å². The molecule has 1 heterocycles. The highest BCUT2D eigenvalue weighted by Crippen LogP contribution is 2.27. The van der Waals surface area contributed by atoms with Crippen LogP contribution in [0.2, 0.25) is 5.02 Å². The van der Waals surface area contributed by atoms with E-state index in [1.54, 1.807) is 13.3 Å². The van der Waals surface area contributed by atoms with Gasteiger partial charge in [0.05, 0.1) is 30.1 Å². The van der Waals surface area contributed by atoms with Crippen LogP contribution in [0.4, 0.5) is 5.69 Å². The fourth-order valence-corrected chi connectivity index (χ4v) is 1.93. The summed E-state index contributed by atoms with van der Waals surface area (Å²) >= 11 is 6.13. The first-order valence-corrected chi connectivity index (χ1v) is 6.20. The van der Waals surface area contributed by atoms with E-state index < -0.39 is 0 Å². The minimum atomic E-state index is 0.679. The minimum Gasteiger partial charge on any atom is -0.497 e. The topological polar surface area (TPSA) is 39.1 Å². The fourth-order valence-electron chi connectivity index (χ4n) is 1.75. The molecule has 0 saturated carbocycles. The van der Waals surface area contributed by atoms with Crippen LogP contribution >= 0.6 is 11.6 Å². The van der Waals surface area contributed by atoms with Gasteiger partial charge in [0.1, 0.15) is 5.75 Å². The normalized spacial score (nSPS) is 10.4. The van der Waals surface area contributed by atoms with Crippen LogP contribution in [0.5, 0.6) is 5.75 Å². The Balaban J connectivity index is 2.10. The van der Waals surface area contributed by atoms with Crippen molar-refractivity contribution in [2.45, 2.75) is 20.0 Å². The number of rotatable bonds is 5. The van der Waals surface area contributed by atoms with Crippen molar-refractivity contribution in [3.05, 3.63) is 41.2 Å². The highest BCUT2D eigenvalue weighted by atomic mass is 35.5. The van der Waals surface area contributed by atoms with Gasteiger partial charge in [0, 0.05) is 18.8 Å². The Morgan fingerprint density at radius 1 is 1.39 bits per heavy atom. The number of ether oxygens (including phenoxy) is 1. The molecule has 0 unspecified atom stereocenters. The first-order chi connectivity index (χ1) is 8.74. The molecule has 2 aromatic rings. The van der Waals surface area contributed by atoms with Gasteiger partial charge in [0.15, 0.2) is 0 Å². The third-order valence-electron chi connectivity index (χ3n) is 2.74. The van der Waals surface area contributed by atoms with Crippen molar-refractivity contribution in [1.29, 1.82) is 0 Å². The van der Waals surface area contributed by atoms with Crippen LogP contribution in [0.25, 0.3) is 0 Å². The molecule has 0 radical (unpaired) electrons. The first kappa shape index (κ1) is 12.8. The van der Waals surface area contributed by atoms with Crippen LogP contribution in [0.1, 0.15) is 12.6 Å². The molecule has 18 heavy (non-hydrogen) atoms. The molecule has 1 aromatic carbocycles. The highest BCUT2D eigenvalue weighted by molar-refractivity contribution is 6.33. The molecular formula is C13H16ClN3O. The van der Waals surface area contributed by atoms with Crippen LogP contribution < -0.4 is 10.1 Å². The minimum absolute atomic E-state index is 0.679. The van der Waals surface area contributed by atoms with E-state index in [1.807, 2.05) is 28.9 Å². The van der Waals surface area contributed by atoms with Crippen LogP contribution in [0.3, 0.4) is 0 Å². The second-order valence-electron chi connectivity index (χ2n) is 3.84. The van der Waals surface area contributed by atoms with Crippen molar-refractivity contribution >= 4 is 17.3 Å². The van der Waals surface area contributed by atoms with E-state index >= 15 is 0 Å². The van der Waals surface area contributed by atoms with E-state index in [0.29, 0.717) is 11.6 Å². The van der Waals surface area contributed by atoms with Crippen molar-refractivity contribution in [1.82, 2.24) is 9.78 Å². The predicted octanol–water partition coefficient (Wildman–Crippen LogP) is 3.18. The maximum atomic E-state index is 6.13. The standard InChI is InChI=1S/C13H16ClN3O/c1-3-17-10(6-7-16-17)9-15-13-8-11(18-2)4-5-12(13)14/h4-8,15H,3,9H2,1-2H3. The number of hydrogen-bond donors (Lipinski definition) is 1. The van der Waals surface area contributed by atoms with E-state index in [0.717, 1.165) is 23.7 Å². The molecular weight excluding hydrogens is 250 g/mol. The number of aromatic nitrogens is 2. The van der Waals surface area contributed by atoms with Crippen molar-refractivity contribution in [2.75, 3.05) is 12.4 Å². The molecule has 0 aliphatic heterocycles. The third kappa shape index (κ3) is 2.76. The molecule has 0 aliphatic rings. The molecule has 2 rings (SSSR count). The van der Waals surface area contributed by atoms with Crippen molar-refractivity contribution in [2.24, 2.45) is 0 Å². The van der Waals surface area contributed by atoms with Gasteiger partial charge in [-0.15, -0.1) is 0 Å². The molecule has 1 aromatic heterocycles. The van der Waals surface area contributed by atoms with Crippen LogP contribution in [0.15, 0.2) is 30.5 Å². The second kappa shape index (κ2) is 5.78. The average Bonchev–Trinajstić information content (AvgIpc) is 2.85. The summed E-state index contributed by atoms with van der Waals surface area (Å²) in [6.07, 6.45) is 1.80. The second-order valence-corrected chi connectivity index (χ2v) is 4.24. The number of hydrogen-bond acceptors (Lipinski definition) is 3. The summed E-state index contributed by atoms with van der Waals surface area (Å²) in [6, 6.07) is 7.53. The van der Waals surface area contributed by atoms with Gasteiger partial charge in [-0.2, -0.15) is 5.10 Å². The van der Waals surface area contributed by atoms with Gasteiger partial charge in [-0.3, -0.25) is 4.68 Å². The van der Waals surface area contributed by atoms with Crippen LogP contribution in [-0.4, -0.2) is 16.9 Å². The predicted molar refractivity (Wildman–Crippen MR) is 73.2 cm³/mol. The molecule has 0 atom stereocenters. The Morgan fingerprint density at radius 3 is 2.94 bits per heavy atom. The first-order valence-electron chi connectivity index (χ1n) is 5.82. The monoisotopic (exact) mass is 265 g/mol. The number of benzene rings is 1. The number of halogens is 1. The highest BCUT2D eigenvalue weighted by Gasteiger charge is 2.04. The van der Waals surface area contributed by atoms with Gasteiger partial charge in [-0.1, -0.05) is 11.6 Å². The van der Waals surface area contributed by atoms with E-state index in [4.69, 9.17) is 16.3 Å². The Kier molecular flexibility index (Phi) is 4.10. The number of aryl methyl sites for hydroxylation is 1. The number of anilines is 1. The quantitative estimate of drug-likeness (QED) is 0.903. The van der Waals surface area contributed by atoms with Gasteiger partial charge in [0.25, 0.3) is 0 Å². The van der Waals surface area contributed by atoms with Crippen molar-refractivity contribution in [3.63, 3.8) is 0 Å². The molecule has 0 amide bonds. The van der Waals surface area contributed by atoms with Crippen molar-refractivity contribution < 1.29 is 4.74 Å². The zero-order valence-corrected chi connectivity index (χ0v) is 11.2. The summed E-state index contributed by atoms with van der Waals surface area (Å²) in [5.74, 6) is 0.783. The third-order valence-corrected chi connectivity index (χ3v) is 3.07. The lowest BCUT2D eigenvalue weighted by Gasteiger charge is -2.11. The SMILES string of the molecule is CCn1nccc1CNc1cc(OC)ccc1Cl. The lowest BCUT2D eigenvalue weighted by molar-refractivity contribution is 0.415. The lowest BCUT2D eigenvalue weighted by Crippen LogP contribution is -2.08. The zero-order valence-electron chi connectivity index (χ0n) is 10.5. The molecule has 4 nitrogen and oxygen atoms in total. The summed E-state index contributed by atoms with van der Waals surface area (Å²) in [5, 5.41) is 8.19. The molecule has 0 spiro atoms. The zero-order chi connectivity index (χ0) is 13.0. The summed E-state index contributed by atoms with van der Waals surface area (Å²) < 4.78 is 7.12. The van der Waals surface area contributed by atoms with E-state index in [2.05, 4.69) is 17.3 Å². The van der Waals surface area contributed by atoms with E-state index in [9.17, 15) is 0 Å². The summed E-state index contributed by atoms with van der Waals surface area (Å²) in [7, 11) is 1.64. The Hall–Kier alpha value is -1.68. The largest absolute Gasteiger partial charge is 0.497 e. The van der Waals surface area contributed by atoms with Gasteiger partial charge in [-0.05, 0) is 25.1 Å². The van der Waals surface area contributed by atoms with Gasteiger partial charge in [0.2, 0.25) is 0 Å². The fraction of sp³-hybridized carbons (Fsp3) is 0.308. The summed E-state index contributed by atoms with van der Waals surface area (Å²) in [6.45, 7) is 3.60. The smallest absolute Gasteiger partial charge is 0.121 e. The Bertz CT molecular complexity index is 525. The number of nitrogens with zero attached hydrogens (tertiary/aromatic N) is 2. The van der Waals surface area contributed by atoms with E-state index in [1.165, 1.54) is 0 Å². The van der Waals surface area contributed by atoms with Gasteiger partial charge < -0.3 is 10.1 Å². The van der Waals surface area contributed by atoms with E-state index in [-0.39, 0.29) is 0 Å². The molecule has 0 saturated heterocycles. The molecule has 1 N–H and O–H groups in total. The molecule has 0 fully saturated rings. The van der Waals surface area contributed by atoms with Crippen LogP contribution in [0, 0.1) is 0 Å². The molecule has 0 aliphatic carbocycles. The van der Waals surface area contributed by atoms with Gasteiger partial charge >= 0.3 is 0 Å². The van der Waals surface area contributed by atoms with Crippen molar-refractivity contribution in [3.8, 4) is 5.75 Å². The van der Waals surface area contributed by atoms with Crippen LogP contribution in [-0.2, 0) is 13.1 Å². The average molecular weight is 266 g/mol. The Morgan fingerprint density at radius 2 is 2.22 bits per heavy atom. The van der Waals surface area contributed by atoms with Gasteiger partial charge in [-0.25, -0.2) is 0 Å². The number of nitrogens with one attached hydrogen (secondary N) is 1. The molecule has 5 heteroatoms. The summed E-state index contributed by atoms with van der Waals surface area (Å²) in [5.41, 5.74) is 1.98. The maximum absolute atomic E-state index is 6.13. The molecule has 96 valence electrons. The summed E-state index contributed by atoms with van der Waals surface area (Å²) in [4.78, 5) is 0. The molecule has 0 bridgehead atoms. The number of methoxy groups -OCH3 is 1. The lowest BCUT2D eigenvalue weighted by atomic mass is 10.3. The maximum Gasteiger partial charge on any atom is 0.121 e.